The average molecular weight is 832 g/mol. The molecule has 0 radical (unpaired) electrons. The molecular formula is C46H57N9O6. The second-order valence-electron chi connectivity index (χ2n) is 17.0. The Hall–Kier alpha value is -6.27. The normalized spacial score (nSPS) is 18.1. The summed E-state index contributed by atoms with van der Waals surface area (Å²) in [5.41, 5.74) is 10.2. The first kappa shape index (κ1) is 44.3. The number of rotatable bonds is 15. The van der Waals surface area contributed by atoms with Crippen molar-refractivity contribution in [1.29, 1.82) is 10.7 Å². The van der Waals surface area contributed by atoms with Crippen molar-refractivity contribution in [2.24, 2.45) is 11.1 Å². The Kier molecular flexibility index (Phi) is 14.1. The smallest absolute Gasteiger partial charge is 0.274 e. The molecule has 4 amide bonds. The van der Waals surface area contributed by atoms with Crippen LogP contribution in [0.4, 0.5) is 11.4 Å². The lowest BCUT2D eigenvalue weighted by Gasteiger charge is -2.36. The van der Waals surface area contributed by atoms with Gasteiger partial charge in [0.2, 0.25) is 17.7 Å². The van der Waals surface area contributed by atoms with Crippen LogP contribution in [0.1, 0.15) is 111 Å². The van der Waals surface area contributed by atoms with Gasteiger partial charge >= 0.3 is 0 Å². The first-order valence-electron chi connectivity index (χ1n) is 20.9. The van der Waals surface area contributed by atoms with Gasteiger partial charge in [-0.1, -0.05) is 32.9 Å². The maximum absolute atomic E-state index is 14.1. The monoisotopic (exact) mass is 831 g/mol. The van der Waals surface area contributed by atoms with E-state index >= 15 is 0 Å². The van der Waals surface area contributed by atoms with Gasteiger partial charge in [0.05, 0.1) is 48.0 Å². The SMILES string of the molecule is COc1cc(N2CCC(OCC(=O)N[C@H](C(=O)N3CCC[C@H]3C(=O)N[C@@H](C)c3ccc(C#N)cc3C3CC3)C(C)(C)C)CC2)ccc1NC(=O)c1cccc(/C(N)=C/C=N)n1. The highest BCUT2D eigenvalue weighted by Gasteiger charge is 2.42. The molecule has 3 aromatic rings. The van der Waals surface area contributed by atoms with Crippen molar-refractivity contribution >= 4 is 46.9 Å². The van der Waals surface area contributed by atoms with Crippen LogP contribution in [0.3, 0.4) is 0 Å². The van der Waals surface area contributed by atoms with E-state index in [1.54, 1.807) is 35.2 Å². The molecule has 15 nitrogen and oxygen atoms in total. The fourth-order valence-corrected chi connectivity index (χ4v) is 8.03. The van der Waals surface area contributed by atoms with Gasteiger partial charge in [-0.15, -0.1) is 0 Å². The summed E-state index contributed by atoms with van der Waals surface area (Å²) in [5.74, 6) is -0.475. The maximum atomic E-state index is 14.1. The number of nitriles is 1. The second-order valence-corrected chi connectivity index (χ2v) is 17.0. The predicted octanol–water partition coefficient (Wildman–Crippen LogP) is 5.43. The minimum absolute atomic E-state index is 0.162. The van der Waals surface area contributed by atoms with Crippen LogP contribution in [0.25, 0.3) is 5.70 Å². The number of allylic oxidation sites excluding steroid dienone is 1. The Bertz CT molecular complexity index is 2200. The largest absolute Gasteiger partial charge is 0.494 e. The number of anilines is 2. The zero-order valence-corrected chi connectivity index (χ0v) is 35.6. The summed E-state index contributed by atoms with van der Waals surface area (Å²) in [6, 6.07) is 16.5. The van der Waals surface area contributed by atoms with Crippen molar-refractivity contribution < 1.29 is 28.7 Å². The standard InChI is InChI=1S/C46H57N9O6/c1-28(33-15-11-29(26-48)24-34(33)30-12-13-30)50-44(58)39-10-7-21-55(39)45(59)42(46(2,3)4)53-41(56)27-61-32-18-22-54(23-19-32)31-14-16-37(40(25-31)60-5)52-43(57)38-9-6-8-36(51-38)35(49)17-20-47/h6,8-9,11,14-17,20,24-25,28,30,32,39,42,47H,7,10,12-13,18-19,21-23,27,49H2,1-5H3,(H,50,58)(H,52,57)(H,53,56)/b35-17-,47-20?/t28-,39-,42+/m0/s1. The Morgan fingerprint density at radius 1 is 1.00 bits per heavy atom. The van der Waals surface area contributed by atoms with Gasteiger partial charge < -0.3 is 46.4 Å². The predicted molar refractivity (Wildman–Crippen MR) is 233 cm³/mol. The zero-order chi connectivity index (χ0) is 43.8. The number of aromatic nitrogens is 1. The van der Waals surface area contributed by atoms with Crippen molar-refractivity contribution in [2.75, 3.05) is 43.6 Å². The number of hydrogen-bond acceptors (Lipinski definition) is 11. The molecule has 61 heavy (non-hydrogen) atoms. The van der Waals surface area contributed by atoms with E-state index in [9.17, 15) is 24.4 Å². The topological polar surface area (TPSA) is 216 Å². The van der Waals surface area contributed by atoms with E-state index in [4.69, 9.17) is 20.6 Å². The van der Waals surface area contributed by atoms with Crippen molar-refractivity contribution in [3.63, 3.8) is 0 Å². The number of ether oxygens (including phenoxy) is 2. The van der Waals surface area contributed by atoms with Gasteiger partial charge in [0, 0.05) is 37.6 Å². The summed E-state index contributed by atoms with van der Waals surface area (Å²) in [5, 5.41) is 25.6. The van der Waals surface area contributed by atoms with Crippen LogP contribution >= 0.6 is 0 Å². The van der Waals surface area contributed by atoms with Crippen LogP contribution < -0.4 is 31.3 Å². The number of piperidine rings is 1. The fraction of sp³-hybridized carbons (Fsp3) is 0.457. The van der Waals surface area contributed by atoms with Crippen LogP contribution in [0.15, 0.2) is 60.7 Å². The molecule has 2 aromatic carbocycles. The van der Waals surface area contributed by atoms with E-state index in [0.29, 0.717) is 73.9 Å². The molecule has 6 rings (SSSR count). The number of methoxy groups -OCH3 is 1. The van der Waals surface area contributed by atoms with Gasteiger partial charge in [-0.25, -0.2) is 4.98 Å². The molecule has 0 bridgehead atoms. The number of hydrogen-bond donors (Lipinski definition) is 5. The molecule has 1 aliphatic carbocycles. The molecule has 1 aromatic heterocycles. The zero-order valence-electron chi connectivity index (χ0n) is 35.6. The van der Waals surface area contributed by atoms with Crippen LogP contribution in [0, 0.1) is 22.2 Å². The number of nitrogens with zero attached hydrogens (tertiary/aromatic N) is 4. The van der Waals surface area contributed by atoms with E-state index in [1.807, 2.05) is 52.0 Å². The van der Waals surface area contributed by atoms with E-state index in [0.717, 1.165) is 35.9 Å². The summed E-state index contributed by atoms with van der Waals surface area (Å²) >= 11 is 0. The average Bonchev–Trinajstić information content (AvgIpc) is 3.99. The Labute approximate surface area is 357 Å². The second kappa shape index (κ2) is 19.4. The summed E-state index contributed by atoms with van der Waals surface area (Å²) in [4.78, 5) is 62.4. The van der Waals surface area contributed by atoms with E-state index in [-0.39, 0.29) is 42.0 Å². The molecule has 2 saturated heterocycles. The number of nitrogens with one attached hydrogen (secondary N) is 4. The molecule has 0 spiro atoms. The molecule has 2 aliphatic heterocycles. The lowest BCUT2D eigenvalue weighted by Crippen LogP contribution is -2.58. The van der Waals surface area contributed by atoms with E-state index < -0.39 is 29.3 Å². The van der Waals surface area contributed by atoms with Crippen molar-refractivity contribution in [3.8, 4) is 11.8 Å². The number of likely N-dealkylation sites (tertiary alicyclic amines) is 1. The minimum atomic E-state index is -0.866. The molecule has 15 heteroatoms. The Balaban J connectivity index is 0.997. The molecule has 0 unspecified atom stereocenters. The van der Waals surface area contributed by atoms with Crippen LogP contribution in [-0.4, -0.2) is 91.3 Å². The first-order chi connectivity index (χ1) is 29.2. The summed E-state index contributed by atoms with van der Waals surface area (Å²) in [6.45, 7) is 9.16. The van der Waals surface area contributed by atoms with E-state index in [2.05, 4.69) is 31.9 Å². The highest BCUT2D eigenvalue weighted by Crippen LogP contribution is 2.43. The van der Waals surface area contributed by atoms with Crippen molar-refractivity contribution in [1.82, 2.24) is 20.5 Å². The number of amides is 4. The Morgan fingerprint density at radius 2 is 1.74 bits per heavy atom. The van der Waals surface area contributed by atoms with Gasteiger partial charge in [-0.3, -0.25) is 19.2 Å². The van der Waals surface area contributed by atoms with Crippen LogP contribution in [-0.2, 0) is 19.1 Å². The van der Waals surface area contributed by atoms with Gasteiger partial charge in [-0.05, 0) is 110 Å². The molecule has 3 aliphatic rings. The number of benzene rings is 2. The maximum Gasteiger partial charge on any atom is 0.274 e. The number of pyridine rings is 1. The number of carbonyl (C=O) groups is 4. The van der Waals surface area contributed by atoms with Crippen molar-refractivity contribution in [2.45, 2.75) is 96.4 Å². The Morgan fingerprint density at radius 3 is 2.41 bits per heavy atom. The number of carbonyl (C=O) groups excluding carboxylic acids is 4. The first-order valence-corrected chi connectivity index (χ1v) is 20.9. The summed E-state index contributed by atoms with van der Waals surface area (Å²) in [7, 11) is 1.53. The van der Waals surface area contributed by atoms with Gasteiger partial charge in [0.15, 0.2) is 0 Å². The third-order valence-electron chi connectivity index (χ3n) is 11.5. The number of nitrogens with two attached hydrogens (primary N) is 1. The van der Waals surface area contributed by atoms with Crippen LogP contribution in [0.2, 0.25) is 0 Å². The van der Waals surface area contributed by atoms with Gasteiger partial charge in [-0.2, -0.15) is 5.26 Å². The minimum Gasteiger partial charge on any atom is -0.494 e. The fourth-order valence-electron chi connectivity index (χ4n) is 8.03. The molecular weight excluding hydrogens is 775 g/mol. The highest BCUT2D eigenvalue weighted by molar-refractivity contribution is 6.04. The van der Waals surface area contributed by atoms with Crippen LogP contribution in [0.5, 0.6) is 5.75 Å². The summed E-state index contributed by atoms with van der Waals surface area (Å²) < 4.78 is 11.7. The molecule has 3 heterocycles. The third kappa shape index (κ3) is 10.9. The molecule has 3 fully saturated rings. The lowest BCUT2D eigenvalue weighted by molar-refractivity contribution is -0.145. The highest BCUT2D eigenvalue weighted by atomic mass is 16.5. The quantitative estimate of drug-likeness (QED) is 0.123. The summed E-state index contributed by atoms with van der Waals surface area (Å²) in [6.07, 6.45) is 6.96. The third-order valence-corrected chi connectivity index (χ3v) is 11.5. The molecule has 3 atom stereocenters. The van der Waals surface area contributed by atoms with Gasteiger partial charge in [0.25, 0.3) is 5.91 Å². The van der Waals surface area contributed by atoms with Gasteiger partial charge in [0.1, 0.15) is 30.1 Å². The molecule has 322 valence electrons. The lowest BCUT2D eigenvalue weighted by atomic mass is 9.85. The molecule has 6 N–H and O–H groups in total. The molecule has 1 saturated carbocycles. The van der Waals surface area contributed by atoms with E-state index in [1.165, 1.54) is 13.2 Å². The van der Waals surface area contributed by atoms with Crippen molar-refractivity contribution in [3.05, 3.63) is 88.8 Å².